The van der Waals surface area contributed by atoms with Crippen LogP contribution in [0.4, 0.5) is 5.00 Å². The number of hydrogen-bond donors (Lipinski definition) is 2. The van der Waals surface area contributed by atoms with Crippen LogP contribution in [-0.4, -0.2) is 11.0 Å². The summed E-state index contributed by atoms with van der Waals surface area (Å²) < 4.78 is 0. The normalized spacial score (nSPS) is 16.0. The van der Waals surface area contributed by atoms with E-state index >= 15 is 0 Å². The summed E-state index contributed by atoms with van der Waals surface area (Å²) >= 11 is 12.7. The van der Waals surface area contributed by atoms with Gasteiger partial charge in [-0.15, -0.1) is 11.3 Å². The number of rotatable bonds is 2. The van der Waals surface area contributed by atoms with E-state index in [1.54, 1.807) is 35.6 Å². The third kappa shape index (κ3) is 4.54. The zero-order chi connectivity index (χ0) is 20.5. The second-order valence-electron chi connectivity index (χ2n) is 8.04. The summed E-state index contributed by atoms with van der Waals surface area (Å²) in [7, 11) is 0. The summed E-state index contributed by atoms with van der Waals surface area (Å²) in [6, 6.07) is 8.89. The van der Waals surface area contributed by atoms with Gasteiger partial charge in [-0.05, 0) is 72.6 Å². The van der Waals surface area contributed by atoms with Crippen LogP contribution in [0, 0.1) is 22.7 Å². The Bertz CT molecular complexity index is 952. The van der Waals surface area contributed by atoms with Crippen molar-refractivity contribution in [1.29, 1.82) is 5.26 Å². The van der Waals surface area contributed by atoms with Crippen LogP contribution in [-0.2, 0) is 12.8 Å². The summed E-state index contributed by atoms with van der Waals surface area (Å²) in [6.07, 6.45) is 2.96. The van der Waals surface area contributed by atoms with Crippen molar-refractivity contribution in [1.82, 2.24) is 5.32 Å². The van der Waals surface area contributed by atoms with Crippen molar-refractivity contribution in [2.24, 2.45) is 11.3 Å². The van der Waals surface area contributed by atoms with Gasteiger partial charge in [0.25, 0.3) is 5.91 Å². The maximum atomic E-state index is 12.3. The quantitative estimate of drug-likeness (QED) is 0.611. The maximum Gasteiger partial charge on any atom is 0.257 e. The van der Waals surface area contributed by atoms with Crippen molar-refractivity contribution < 1.29 is 4.79 Å². The highest BCUT2D eigenvalue weighted by Gasteiger charge is 2.32. The molecule has 4 nitrogen and oxygen atoms in total. The third-order valence-electron chi connectivity index (χ3n) is 5.16. The molecule has 3 rings (SSSR count). The topological polar surface area (TPSA) is 64.9 Å². The predicted octanol–water partition coefficient (Wildman–Crippen LogP) is 5.55. The number of carbonyl (C=O) groups is 1. The Morgan fingerprint density at radius 3 is 2.61 bits per heavy atom. The molecule has 1 heterocycles. The van der Waals surface area contributed by atoms with Gasteiger partial charge in [0.05, 0.1) is 5.56 Å². The zero-order valence-electron chi connectivity index (χ0n) is 16.1. The number of fused-ring (bicyclic) bond motifs is 1. The van der Waals surface area contributed by atoms with Crippen LogP contribution in [0.25, 0.3) is 0 Å². The Labute approximate surface area is 179 Å². The molecule has 2 N–H and O–H groups in total. The first-order chi connectivity index (χ1) is 13.2. The van der Waals surface area contributed by atoms with Crippen molar-refractivity contribution in [2.45, 2.75) is 40.0 Å². The van der Waals surface area contributed by atoms with Crippen molar-refractivity contribution >= 4 is 51.2 Å². The molecule has 1 aromatic heterocycles. The van der Waals surface area contributed by atoms with Crippen LogP contribution >= 0.6 is 35.2 Å². The molecule has 0 bridgehead atoms. The number of halogens is 1. The van der Waals surface area contributed by atoms with Crippen molar-refractivity contribution in [2.75, 3.05) is 5.32 Å². The van der Waals surface area contributed by atoms with Crippen molar-refractivity contribution in [3.63, 3.8) is 0 Å². The molecule has 0 unspecified atom stereocenters. The zero-order valence-corrected chi connectivity index (χ0v) is 18.4. The van der Waals surface area contributed by atoms with Gasteiger partial charge in [0.2, 0.25) is 0 Å². The second-order valence-corrected chi connectivity index (χ2v) is 9.99. The van der Waals surface area contributed by atoms with Crippen LogP contribution in [0.2, 0.25) is 5.02 Å². The van der Waals surface area contributed by atoms with Crippen LogP contribution in [0.1, 0.15) is 53.6 Å². The lowest BCUT2D eigenvalue weighted by molar-refractivity contribution is 0.0977. The fourth-order valence-corrected chi connectivity index (χ4v) is 5.11. The number of thiophene rings is 1. The van der Waals surface area contributed by atoms with E-state index in [-0.39, 0.29) is 16.4 Å². The molecule has 0 saturated heterocycles. The summed E-state index contributed by atoms with van der Waals surface area (Å²) in [5.74, 6) is 0.274. The highest BCUT2D eigenvalue weighted by Crippen LogP contribution is 2.43. The minimum Gasteiger partial charge on any atom is -0.323 e. The molecule has 0 aliphatic heterocycles. The van der Waals surface area contributed by atoms with Gasteiger partial charge in [0.1, 0.15) is 11.1 Å². The highest BCUT2D eigenvalue weighted by atomic mass is 35.5. The van der Waals surface area contributed by atoms with Gasteiger partial charge in [0.15, 0.2) is 5.11 Å². The Hall–Kier alpha value is -1.94. The fourth-order valence-electron chi connectivity index (χ4n) is 3.44. The van der Waals surface area contributed by atoms with Crippen LogP contribution in [0.5, 0.6) is 0 Å². The standard InChI is InChI=1S/C21H22ClN3OS2/c1-21(2,3)13-6-9-15-16(11-23)19(28-17(15)10-13)25-20(27)24-18(26)12-4-7-14(22)8-5-12/h4-5,7-8,13H,6,9-10H2,1-3H3,(H2,24,25,26,27)/t13-/m0/s1. The maximum absolute atomic E-state index is 12.3. The average Bonchev–Trinajstić information content (AvgIpc) is 2.97. The molecule has 1 aromatic carbocycles. The molecular formula is C21H22ClN3OS2. The molecular weight excluding hydrogens is 410 g/mol. The van der Waals surface area contributed by atoms with Gasteiger partial charge in [0, 0.05) is 15.5 Å². The Kier molecular flexibility index (Phi) is 6.09. The van der Waals surface area contributed by atoms with Gasteiger partial charge >= 0.3 is 0 Å². The number of carbonyl (C=O) groups excluding carboxylic acids is 1. The lowest BCUT2D eigenvalue weighted by atomic mass is 9.72. The number of hydrogen-bond acceptors (Lipinski definition) is 4. The van der Waals surface area contributed by atoms with E-state index in [9.17, 15) is 10.1 Å². The SMILES string of the molecule is CC(C)(C)[C@H]1CCc2c(sc(NC(=S)NC(=O)c3ccc(Cl)cc3)c2C#N)C1. The van der Waals surface area contributed by atoms with Crippen molar-refractivity contribution in [3.8, 4) is 6.07 Å². The van der Waals surface area contributed by atoms with Crippen molar-refractivity contribution in [3.05, 3.63) is 50.9 Å². The minimum atomic E-state index is -0.318. The Balaban J connectivity index is 1.73. The van der Waals surface area contributed by atoms with Crippen LogP contribution in [0.15, 0.2) is 24.3 Å². The van der Waals surface area contributed by atoms with E-state index < -0.39 is 0 Å². The molecule has 1 aliphatic carbocycles. The lowest BCUT2D eigenvalue weighted by Gasteiger charge is -2.33. The van der Waals surface area contributed by atoms with Gasteiger partial charge in [-0.25, -0.2) is 0 Å². The number of nitrogens with one attached hydrogen (secondary N) is 2. The summed E-state index contributed by atoms with van der Waals surface area (Å²) in [5, 5.41) is 16.8. The predicted molar refractivity (Wildman–Crippen MR) is 119 cm³/mol. The molecule has 0 fully saturated rings. The molecule has 1 atom stereocenters. The molecule has 1 amide bonds. The number of amides is 1. The van der Waals surface area contributed by atoms with Gasteiger partial charge in [-0.3, -0.25) is 10.1 Å². The van der Waals surface area contributed by atoms with Crippen LogP contribution < -0.4 is 10.6 Å². The smallest absolute Gasteiger partial charge is 0.257 e. The summed E-state index contributed by atoms with van der Waals surface area (Å²) in [6.45, 7) is 6.80. The van der Waals surface area contributed by atoms with E-state index in [4.69, 9.17) is 23.8 Å². The molecule has 0 saturated carbocycles. The van der Waals surface area contributed by atoms with E-state index in [0.717, 1.165) is 24.8 Å². The number of nitrogens with zero attached hydrogens (tertiary/aromatic N) is 1. The minimum absolute atomic E-state index is 0.183. The average molecular weight is 432 g/mol. The first-order valence-electron chi connectivity index (χ1n) is 9.11. The summed E-state index contributed by atoms with van der Waals surface area (Å²) in [4.78, 5) is 13.6. The second kappa shape index (κ2) is 8.20. The highest BCUT2D eigenvalue weighted by molar-refractivity contribution is 7.80. The molecule has 7 heteroatoms. The largest absolute Gasteiger partial charge is 0.323 e. The molecule has 0 radical (unpaired) electrons. The Morgan fingerprint density at radius 2 is 2.00 bits per heavy atom. The molecule has 146 valence electrons. The Morgan fingerprint density at radius 1 is 1.32 bits per heavy atom. The molecule has 1 aliphatic rings. The number of thiocarbonyl (C=S) groups is 1. The first-order valence-corrected chi connectivity index (χ1v) is 10.7. The number of nitriles is 1. The molecule has 2 aromatic rings. The summed E-state index contributed by atoms with van der Waals surface area (Å²) in [5.41, 5.74) is 2.48. The number of benzene rings is 1. The van der Waals surface area contributed by atoms with E-state index in [1.807, 2.05) is 0 Å². The van der Waals surface area contributed by atoms with Gasteiger partial charge in [-0.1, -0.05) is 32.4 Å². The van der Waals surface area contributed by atoms with Gasteiger partial charge in [-0.2, -0.15) is 5.26 Å². The van der Waals surface area contributed by atoms with E-state index in [2.05, 4.69) is 37.5 Å². The lowest BCUT2D eigenvalue weighted by Crippen LogP contribution is -2.34. The van der Waals surface area contributed by atoms with Crippen LogP contribution in [0.3, 0.4) is 0 Å². The first kappa shape index (κ1) is 20.8. The van der Waals surface area contributed by atoms with E-state index in [0.29, 0.717) is 27.1 Å². The van der Waals surface area contributed by atoms with Gasteiger partial charge < -0.3 is 5.32 Å². The number of anilines is 1. The molecule has 28 heavy (non-hydrogen) atoms. The third-order valence-corrected chi connectivity index (χ3v) is 6.79. The monoisotopic (exact) mass is 431 g/mol. The van der Waals surface area contributed by atoms with E-state index in [1.165, 1.54) is 4.88 Å². The fraction of sp³-hybridized carbons (Fsp3) is 0.381. The molecule has 0 spiro atoms.